The molecule has 0 aliphatic carbocycles. The van der Waals surface area contributed by atoms with Crippen molar-refractivity contribution in [2.75, 3.05) is 11.9 Å². The first-order valence-corrected chi connectivity index (χ1v) is 6.98. The molecule has 0 unspecified atom stereocenters. The van der Waals surface area contributed by atoms with Crippen molar-refractivity contribution in [1.29, 1.82) is 0 Å². The summed E-state index contributed by atoms with van der Waals surface area (Å²) in [6.45, 7) is 4.24. The van der Waals surface area contributed by atoms with Crippen LogP contribution in [-0.4, -0.2) is 17.4 Å². The molecule has 0 aliphatic heterocycles. The van der Waals surface area contributed by atoms with Crippen LogP contribution in [0.4, 0.5) is 5.69 Å². The van der Waals surface area contributed by atoms with Gasteiger partial charge in [0.2, 0.25) is 5.91 Å². The van der Waals surface area contributed by atoms with Gasteiger partial charge in [-0.15, -0.1) is 0 Å². The number of nitrogens with two attached hydrogens (primary N) is 1. The molecule has 0 saturated heterocycles. The molecule has 0 fully saturated rings. The molecule has 0 bridgehead atoms. The third-order valence-corrected chi connectivity index (χ3v) is 3.24. The number of rotatable bonds is 5. The first-order valence-electron chi connectivity index (χ1n) is 6.98. The van der Waals surface area contributed by atoms with E-state index in [4.69, 9.17) is 5.73 Å². The van der Waals surface area contributed by atoms with Crippen molar-refractivity contribution in [3.8, 4) is 0 Å². The average Bonchev–Trinajstić information content (AvgIpc) is 2.39. The molecule has 3 N–H and O–H groups in total. The maximum atomic E-state index is 11.2. The van der Waals surface area contributed by atoms with Gasteiger partial charge in [-0.05, 0) is 62.6 Å². The Kier molecular flexibility index (Phi) is 4.69. The van der Waals surface area contributed by atoms with Crippen molar-refractivity contribution >= 4 is 22.5 Å². The summed E-state index contributed by atoms with van der Waals surface area (Å²) in [5, 5.41) is 3.93. The van der Waals surface area contributed by atoms with Crippen molar-refractivity contribution < 1.29 is 4.79 Å². The van der Waals surface area contributed by atoms with Crippen LogP contribution in [0.1, 0.15) is 31.0 Å². The van der Waals surface area contributed by atoms with E-state index in [2.05, 4.69) is 16.4 Å². The number of hydrogen-bond acceptors (Lipinski definition) is 3. The molecule has 1 amide bonds. The molecular formula is C16H21N3O. The zero-order valence-electron chi connectivity index (χ0n) is 12.1. The third-order valence-electron chi connectivity index (χ3n) is 3.24. The first-order chi connectivity index (χ1) is 9.60. The lowest BCUT2D eigenvalue weighted by atomic mass is 10.0. The summed E-state index contributed by atoms with van der Waals surface area (Å²) in [4.78, 5) is 15.7. The molecule has 0 saturated carbocycles. The monoisotopic (exact) mass is 271 g/mol. The number of anilines is 1. The fourth-order valence-electron chi connectivity index (χ4n) is 2.39. The van der Waals surface area contributed by atoms with Crippen LogP contribution in [0.25, 0.3) is 10.9 Å². The van der Waals surface area contributed by atoms with Gasteiger partial charge in [-0.2, -0.15) is 0 Å². The van der Waals surface area contributed by atoms with Crippen molar-refractivity contribution in [1.82, 2.24) is 4.98 Å². The Morgan fingerprint density at radius 2 is 2.10 bits per heavy atom. The number of aryl methyl sites for hydroxylation is 2. The number of pyridine rings is 1. The predicted octanol–water partition coefficient (Wildman–Crippen LogP) is 2.78. The highest BCUT2D eigenvalue weighted by Gasteiger charge is 2.06. The average molecular weight is 271 g/mol. The minimum atomic E-state index is -0.0610. The highest BCUT2D eigenvalue weighted by Crippen LogP contribution is 2.23. The molecule has 2 aromatic rings. The summed E-state index contributed by atoms with van der Waals surface area (Å²) in [6, 6.07) is 7.97. The van der Waals surface area contributed by atoms with E-state index in [1.54, 1.807) is 0 Å². The van der Waals surface area contributed by atoms with E-state index < -0.39 is 0 Å². The van der Waals surface area contributed by atoms with Crippen molar-refractivity contribution in [3.63, 3.8) is 0 Å². The summed E-state index contributed by atoms with van der Waals surface area (Å²) in [7, 11) is 0. The van der Waals surface area contributed by atoms with Gasteiger partial charge in [-0.3, -0.25) is 9.78 Å². The molecule has 2 rings (SSSR count). The second-order valence-corrected chi connectivity index (χ2v) is 5.08. The largest absolute Gasteiger partial charge is 0.330 e. The van der Waals surface area contributed by atoms with Gasteiger partial charge in [-0.25, -0.2) is 0 Å². The highest BCUT2D eigenvalue weighted by molar-refractivity contribution is 5.93. The molecule has 0 radical (unpaired) electrons. The first kappa shape index (κ1) is 14.5. The lowest BCUT2D eigenvalue weighted by Gasteiger charge is -2.10. The summed E-state index contributed by atoms with van der Waals surface area (Å²) >= 11 is 0. The second-order valence-electron chi connectivity index (χ2n) is 5.08. The van der Waals surface area contributed by atoms with Crippen LogP contribution < -0.4 is 11.1 Å². The van der Waals surface area contributed by atoms with Gasteiger partial charge in [0.25, 0.3) is 0 Å². The summed E-state index contributed by atoms with van der Waals surface area (Å²) < 4.78 is 0. The Hall–Kier alpha value is -1.94. The van der Waals surface area contributed by atoms with Crippen LogP contribution in [0.2, 0.25) is 0 Å². The van der Waals surface area contributed by atoms with E-state index in [1.165, 1.54) is 12.5 Å². The number of carbonyl (C=O) groups is 1. The van der Waals surface area contributed by atoms with E-state index in [-0.39, 0.29) is 5.91 Å². The number of fused-ring (bicyclic) bond motifs is 1. The van der Waals surface area contributed by atoms with Gasteiger partial charge in [0, 0.05) is 23.7 Å². The molecule has 1 heterocycles. The van der Waals surface area contributed by atoms with Crippen LogP contribution in [0.5, 0.6) is 0 Å². The number of nitrogens with zero attached hydrogens (tertiary/aromatic N) is 1. The Labute approximate surface area is 119 Å². The third kappa shape index (κ3) is 3.54. The molecule has 4 heteroatoms. The molecule has 106 valence electrons. The summed E-state index contributed by atoms with van der Waals surface area (Å²) in [5.41, 5.74) is 9.64. The molecule has 1 aromatic heterocycles. The maximum absolute atomic E-state index is 11.2. The lowest BCUT2D eigenvalue weighted by molar-refractivity contribution is -0.114. The number of hydrogen-bond donors (Lipinski definition) is 2. The SMILES string of the molecule is CC(=O)Nc1ccc2nc(C)cc(CCCCN)c2c1. The molecule has 4 nitrogen and oxygen atoms in total. The van der Waals surface area contributed by atoms with Crippen molar-refractivity contribution in [3.05, 3.63) is 35.5 Å². The molecule has 0 aliphatic rings. The molecule has 20 heavy (non-hydrogen) atoms. The predicted molar refractivity (Wildman–Crippen MR) is 82.8 cm³/mol. The zero-order valence-corrected chi connectivity index (χ0v) is 12.1. The van der Waals surface area contributed by atoms with Gasteiger partial charge in [0.15, 0.2) is 0 Å². The molecule has 0 spiro atoms. The normalized spacial score (nSPS) is 10.8. The fraction of sp³-hybridized carbons (Fsp3) is 0.375. The van der Waals surface area contributed by atoms with E-state index in [0.717, 1.165) is 48.1 Å². The van der Waals surface area contributed by atoms with Crippen LogP contribution in [0.15, 0.2) is 24.3 Å². The minimum Gasteiger partial charge on any atom is -0.330 e. The fourth-order valence-corrected chi connectivity index (χ4v) is 2.39. The molecule has 1 aromatic carbocycles. The van der Waals surface area contributed by atoms with Crippen LogP contribution in [0.3, 0.4) is 0 Å². The number of benzene rings is 1. The van der Waals surface area contributed by atoms with E-state index in [9.17, 15) is 4.79 Å². The van der Waals surface area contributed by atoms with E-state index in [1.807, 2.05) is 25.1 Å². The summed E-state index contributed by atoms with van der Waals surface area (Å²) in [6.07, 6.45) is 3.08. The smallest absolute Gasteiger partial charge is 0.221 e. The van der Waals surface area contributed by atoms with Gasteiger partial charge in [0.1, 0.15) is 0 Å². The van der Waals surface area contributed by atoms with Gasteiger partial charge >= 0.3 is 0 Å². The second kappa shape index (κ2) is 6.48. The van der Waals surface area contributed by atoms with E-state index >= 15 is 0 Å². The van der Waals surface area contributed by atoms with Gasteiger partial charge < -0.3 is 11.1 Å². The number of unbranched alkanes of at least 4 members (excludes halogenated alkanes) is 1. The van der Waals surface area contributed by atoms with Crippen LogP contribution in [-0.2, 0) is 11.2 Å². The standard InChI is InChI=1S/C16H21N3O/c1-11-9-13(5-3-4-8-17)15-10-14(19-12(2)20)6-7-16(15)18-11/h6-7,9-10H,3-5,8,17H2,1-2H3,(H,19,20). The number of nitrogens with one attached hydrogen (secondary N) is 1. The van der Waals surface area contributed by atoms with Crippen LogP contribution >= 0.6 is 0 Å². The maximum Gasteiger partial charge on any atom is 0.221 e. The zero-order chi connectivity index (χ0) is 14.5. The molecule has 0 atom stereocenters. The Balaban J connectivity index is 2.39. The quantitative estimate of drug-likeness (QED) is 0.822. The van der Waals surface area contributed by atoms with E-state index in [0.29, 0.717) is 0 Å². The Morgan fingerprint density at radius 3 is 2.80 bits per heavy atom. The van der Waals surface area contributed by atoms with Crippen LogP contribution in [0, 0.1) is 6.92 Å². The van der Waals surface area contributed by atoms with Crippen molar-refractivity contribution in [2.45, 2.75) is 33.1 Å². The van der Waals surface area contributed by atoms with Gasteiger partial charge in [0.05, 0.1) is 5.52 Å². The molecular weight excluding hydrogens is 250 g/mol. The topological polar surface area (TPSA) is 68.0 Å². The lowest BCUT2D eigenvalue weighted by Crippen LogP contribution is -2.06. The summed E-state index contributed by atoms with van der Waals surface area (Å²) in [5.74, 6) is -0.0610. The number of amides is 1. The van der Waals surface area contributed by atoms with Gasteiger partial charge in [-0.1, -0.05) is 0 Å². The highest BCUT2D eigenvalue weighted by atomic mass is 16.1. The number of aromatic nitrogens is 1. The Bertz CT molecular complexity index is 622. The van der Waals surface area contributed by atoms with Crippen molar-refractivity contribution in [2.24, 2.45) is 5.73 Å². The Morgan fingerprint density at radius 1 is 1.30 bits per heavy atom. The number of carbonyl (C=O) groups excluding carboxylic acids is 1. The minimum absolute atomic E-state index is 0.0610.